The molecule has 2 aromatic rings. The van der Waals surface area contributed by atoms with E-state index in [2.05, 4.69) is 0 Å². The average molecular weight is 323 g/mol. The maximum atomic E-state index is 13.7. The Bertz CT molecular complexity index is 775. The molecule has 0 saturated carbocycles. The molecule has 0 N–H and O–H groups in total. The number of benzene rings is 2. The molecule has 0 aliphatic rings. The van der Waals surface area contributed by atoms with Crippen LogP contribution in [0.2, 0.25) is 0 Å². The van der Waals surface area contributed by atoms with Crippen molar-refractivity contribution in [2.24, 2.45) is 0 Å². The van der Waals surface area contributed by atoms with Gasteiger partial charge in [-0.05, 0) is 30.7 Å². The molecule has 0 radical (unpaired) electrons. The summed E-state index contributed by atoms with van der Waals surface area (Å²) in [6.45, 7) is 1.75. The summed E-state index contributed by atoms with van der Waals surface area (Å²) < 4.78 is 45.4. The predicted molar refractivity (Wildman–Crippen MR) is 82.8 cm³/mol. The average Bonchev–Trinajstić information content (AvgIpc) is 2.49. The van der Waals surface area contributed by atoms with Crippen LogP contribution in [0.5, 0.6) is 5.75 Å². The first kappa shape index (κ1) is 16.5. The second-order valence-electron chi connectivity index (χ2n) is 5.01. The second kappa shape index (κ2) is 6.46. The molecule has 118 valence electrons. The molecule has 0 spiro atoms. The van der Waals surface area contributed by atoms with Crippen molar-refractivity contribution in [2.45, 2.75) is 18.4 Å². The third kappa shape index (κ3) is 3.28. The van der Waals surface area contributed by atoms with Crippen LogP contribution in [-0.2, 0) is 16.6 Å². The smallest absolute Gasteiger partial charge is 0.246 e. The molecule has 0 aliphatic carbocycles. The summed E-state index contributed by atoms with van der Waals surface area (Å²) in [6.07, 6.45) is 0. The molecule has 6 heteroatoms. The quantitative estimate of drug-likeness (QED) is 0.850. The first-order chi connectivity index (χ1) is 10.4. The van der Waals surface area contributed by atoms with Gasteiger partial charge in [-0.1, -0.05) is 24.3 Å². The summed E-state index contributed by atoms with van der Waals surface area (Å²) in [5, 5.41) is 0. The first-order valence-electron chi connectivity index (χ1n) is 6.70. The lowest BCUT2D eigenvalue weighted by Crippen LogP contribution is -2.27. The van der Waals surface area contributed by atoms with Crippen molar-refractivity contribution < 1.29 is 17.5 Å². The highest BCUT2D eigenvalue weighted by molar-refractivity contribution is 7.89. The van der Waals surface area contributed by atoms with Crippen LogP contribution in [0.1, 0.15) is 11.1 Å². The number of hydrogen-bond acceptors (Lipinski definition) is 3. The van der Waals surface area contributed by atoms with Crippen LogP contribution < -0.4 is 4.74 Å². The molecule has 0 bridgehead atoms. The SMILES string of the molecule is COc1ccc(C)cc1S(=O)(=O)N(C)Cc1ccccc1F. The van der Waals surface area contributed by atoms with E-state index in [0.717, 1.165) is 9.87 Å². The van der Waals surface area contributed by atoms with Gasteiger partial charge in [-0.15, -0.1) is 0 Å². The molecule has 0 aromatic heterocycles. The van der Waals surface area contributed by atoms with Gasteiger partial charge in [0.15, 0.2) is 0 Å². The summed E-state index contributed by atoms with van der Waals surface area (Å²) in [7, 11) is -0.940. The van der Waals surface area contributed by atoms with Gasteiger partial charge in [0.2, 0.25) is 10.0 Å². The van der Waals surface area contributed by atoms with Crippen LogP contribution in [0.25, 0.3) is 0 Å². The maximum absolute atomic E-state index is 13.7. The molecule has 0 unspecified atom stereocenters. The Hall–Kier alpha value is -1.92. The van der Waals surface area contributed by atoms with E-state index in [0.29, 0.717) is 5.56 Å². The van der Waals surface area contributed by atoms with Crippen LogP contribution >= 0.6 is 0 Å². The molecule has 0 amide bonds. The topological polar surface area (TPSA) is 46.6 Å². The van der Waals surface area contributed by atoms with Crippen molar-refractivity contribution in [3.05, 3.63) is 59.4 Å². The molecule has 2 rings (SSSR count). The zero-order valence-corrected chi connectivity index (χ0v) is 13.5. The van der Waals surface area contributed by atoms with Crippen molar-refractivity contribution in [3.8, 4) is 5.75 Å². The minimum absolute atomic E-state index is 0.0495. The minimum atomic E-state index is -3.78. The largest absolute Gasteiger partial charge is 0.495 e. The fourth-order valence-corrected chi connectivity index (χ4v) is 3.49. The Morgan fingerprint density at radius 2 is 1.86 bits per heavy atom. The van der Waals surface area contributed by atoms with E-state index in [1.54, 1.807) is 43.3 Å². The Morgan fingerprint density at radius 3 is 2.50 bits per heavy atom. The summed E-state index contributed by atoms with van der Waals surface area (Å²) in [5.41, 5.74) is 1.12. The molecule has 0 heterocycles. The van der Waals surface area contributed by atoms with Gasteiger partial charge in [-0.25, -0.2) is 12.8 Å². The van der Waals surface area contributed by atoms with Crippen LogP contribution in [-0.4, -0.2) is 26.9 Å². The molecule has 0 aliphatic heterocycles. The van der Waals surface area contributed by atoms with Gasteiger partial charge in [-0.2, -0.15) is 4.31 Å². The molecule has 22 heavy (non-hydrogen) atoms. The van der Waals surface area contributed by atoms with Gasteiger partial charge < -0.3 is 4.74 Å². The van der Waals surface area contributed by atoms with E-state index in [4.69, 9.17) is 4.74 Å². The van der Waals surface area contributed by atoms with E-state index in [1.165, 1.54) is 20.2 Å². The standard InChI is InChI=1S/C16H18FNO3S/c1-12-8-9-15(21-3)16(10-12)22(19,20)18(2)11-13-6-4-5-7-14(13)17/h4-10H,11H2,1-3H3. The van der Waals surface area contributed by atoms with Crippen LogP contribution in [0.4, 0.5) is 4.39 Å². The molecule has 2 aromatic carbocycles. The fourth-order valence-electron chi connectivity index (χ4n) is 2.10. The summed E-state index contributed by atoms with van der Waals surface area (Å²) >= 11 is 0. The normalized spacial score (nSPS) is 11.7. The van der Waals surface area contributed by atoms with Crippen molar-refractivity contribution in [1.82, 2.24) is 4.31 Å². The summed E-state index contributed by atoms with van der Waals surface area (Å²) in [4.78, 5) is 0.0776. The fraction of sp³-hybridized carbons (Fsp3) is 0.250. The second-order valence-corrected chi connectivity index (χ2v) is 7.02. The minimum Gasteiger partial charge on any atom is -0.495 e. The third-order valence-electron chi connectivity index (χ3n) is 3.36. The Kier molecular flexibility index (Phi) is 4.83. The van der Waals surface area contributed by atoms with Crippen molar-refractivity contribution in [1.29, 1.82) is 0 Å². The van der Waals surface area contributed by atoms with Gasteiger partial charge in [0.1, 0.15) is 16.5 Å². The molecule has 0 atom stereocenters. The van der Waals surface area contributed by atoms with E-state index >= 15 is 0 Å². The van der Waals surface area contributed by atoms with E-state index in [1.807, 2.05) is 0 Å². The van der Waals surface area contributed by atoms with Gasteiger partial charge in [0.25, 0.3) is 0 Å². The Labute approximate surface area is 130 Å². The van der Waals surface area contributed by atoms with Crippen LogP contribution in [0.3, 0.4) is 0 Å². The third-order valence-corrected chi connectivity index (χ3v) is 5.18. The lowest BCUT2D eigenvalue weighted by molar-refractivity contribution is 0.397. The number of hydrogen-bond donors (Lipinski definition) is 0. The number of ether oxygens (including phenoxy) is 1. The molecule has 0 saturated heterocycles. The number of sulfonamides is 1. The Morgan fingerprint density at radius 1 is 1.18 bits per heavy atom. The van der Waals surface area contributed by atoms with Gasteiger partial charge >= 0.3 is 0 Å². The summed E-state index contributed by atoms with van der Waals surface area (Å²) in [6, 6.07) is 11.0. The van der Waals surface area contributed by atoms with E-state index in [9.17, 15) is 12.8 Å². The Balaban J connectivity index is 2.38. The number of rotatable bonds is 5. The molecule has 0 fully saturated rings. The van der Waals surface area contributed by atoms with Gasteiger partial charge in [-0.3, -0.25) is 0 Å². The zero-order chi connectivity index (χ0) is 16.3. The van der Waals surface area contributed by atoms with Crippen molar-refractivity contribution in [2.75, 3.05) is 14.2 Å². The predicted octanol–water partition coefficient (Wildman–Crippen LogP) is 2.96. The number of halogens is 1. The number of methoxy groups -OCH3 is 1. The number of aryl methyl sites for hydroxylation is 1. The lowest BCUT2D eigenvalue weighted by Gasteiger charge is -2.19. The van der Waals surface area contributed by atoms with E-state index in [-0.39, 0.29) is 17.2 Å². The number of nitrogens with zero attached hydrogens (tertiary/aromatic N) is 1. The first-order valence-corrected chi connectivity index (χ1v) is 8.14. The molecular weight excluding hydrogens is 305 g/mol. The highest BCUT2D eigenvalue weighted by atomic mass is 32.2. The molecular formula is C16H18FNO3S. The monoisotopic (exact) mass is 323 g/mol. The zero-order valence-electron chi connectivity index (χ0n) is 12.7. The lowest BCUT2D eigenvalue weighted by atomic mass is 10.2. The van der Waals surface area contributed by atoms with E-state index < -0.39 is 15.8 Å². The maximum Gasteiger partial charge on any atom is 0.246 e. The molecule has 4 nitrogen and oxygen atoms in total. The highest BCUT2D eigenvalue weighted by Gasteiger charge is 2.25. The van der Waals surface area contributed by atoms with Crippen LogP contribution in [0, 0.1) is 12.7 Å². The van der Waals surface area contributed by atoms with Crippen molar-refractivity contribution in [3.63, 3.8) is 0 Å². The highest BCUT2D eigenvalue weighted by Crippen LogP contribution is 2.28. The van der Waals surface area contributed by atoms with Gasteiger partial charge in [0.05, 0.1) is 7.11 Å². The van der Waals surface area contributed by atoms with Crippen molar-refractivity contribution >= 4 is 10.0 Å². The van der Waals surface area contributed by atoms with Crippen LogP contribution in [0.15, 0.2) is 47.4 Å². The van der Waals surface area contributed by atoms with Gasteiger partial charge in [0, 0.05) is 19.2 Å². The summed E-state index contributed by atoms with van der Waals surface area (Å²) in [5.74, 6) is -0.160.